The van der Waals surface area contributed by atoms with E-state index in [0.29, 0.717) is 17.0 Å². The Hall–Kier alpha value is -3.20. The van der Waals surface area contributed by atoms with Crippen molar-refractivity contribution in [2.24, 2.45) is 5.10 Å². The largest absolute Gasteiger partial charge is 0.481 e. The molecule has 2 rings (SSSR count). The monoisotopic (exact) mass is 308 g/mol. The molecule has 0 saturated carbocycles. The smallest absolute Gasteiger partial charge is 0.280 e. The highest BCUT2D eigenvalue weighted by Gasteiger charge is 2.14. The lowest BCUT2D eigenvalue weighted by Gasteiger charge is -2.13. The third-order valence-corrected chi connectivity index (χ3v) is 3.08. The SMILES string of the molecule is C/C(=N/NC(=O)[C@@H](C)Oc1ccc(C#N)cc1)c1cccnc1. The number of amides is 1. The van der Waals surface area contributed by atoms with Crippen LogP contribution in [-0.4, -0.2) is 22.7 Å². The van der Waals surface area contributed by atoms with Gasteiger partial charge in [0.1, 0.15) is 5.75 Å². The number of carbonyl (C=O) groups is 1. The lowest BCUT2D eigenvalue weighted by atomic mass is 10.2. The molecule has 1 heterocycles. The maximum Gasteiger partial charge on any atom is 0.280 e. The second kappa shape index (κ2) is 7.71. The highest BCUT2D eigenvalue weighted by atomic mass is 16.5. The fourth-order valence-corrected chi connectivity index (χ4v) is 1.74. The van der Waals surface area contributed by atoms with Crippen molar-refractivity contribution < 1.29 is 9.53 Å². The van der Waals surface area contributed by atoms with E-state index in [1.54, 1.807) is 56.6 Å². The minimum absolute atomic E-state index is 0.363. The number of rotatable bonds is 5. The molecule has 0 unspecified atom stereocenters. The van der Waals surface area contributed by atoms with Crippen LogP contribution in [0.3, 0.4) is 0 Å². The van der Waals surface area contributed by atoms with E-state index < -0.39 is 6.10 Å². The number of aromatic nitrogens is 1. The molecule has 0 fully saturated rings. The quantitative estimate of drug-likeness (QED) is 0.678. The molecular weight excluding hydrogens is 292 g/mol. The van der Waals surface area contributed by atoms with Crippen LogP contribution in [-0.2, 0) is 4.79 Å². The number of benzene rings is 1. The Kier molecular flexibility index (Phi) is 5.42. The van der Waals surface area contributed by atoms with Gasteiger partial charge in [0, 0.05) is 18.0 Å². The van der Waals surface area contributed by atoms with Crippen LogP contribution in [0, 0.1) is 11.3 Å². The van der Waals surface area contributed by atoms with Crippen LogP contribution in [0.2, 0.25) is 0 Å². The summed E-state index contributed by atoms with van der Waals surface area (Å²) >= 11 is 0. The van der Waals surface area contributed by atoms with Gasteiger partial charge in [-0.15, -0.1) is 0 Å². The Morgan fingerprint density at radius 3 is 2.70 bits per heavy atom. The first kappa shape index (κ1) is 16.2. The van der Waals surface area contributed by atoms with Gasteiger partial charge in [-0.25, -0.2) is 5.43 Å². The van der Waals surface area contributed by atoms with Gasteiger partial charge in [-0.05, 0) is 44.2 Å². The molecule has 0 bridgehead atoms. The van der Waals surface area contributed by atoms with Crippen LogP contribution < -0.4 is 10.2 Å². The van der Waals surface area contributed by atoms with Crippen molar-refractivity contribution in [2.75, 3.05) is 0 Å². The summed E-state index contributed by atoms with van der Waals surface area (Å²) in [5.74, 6) is 0.150. The zero-order valence-corrected chi connectivity index (χ0v) is 12.9. The molecule has 1 aromatic carbocycles. The number of ether oxygens (including phenoxy) is 1. The van der Waals surface area contributed by atoms with Gasteiger partial charge in [-0.1, -0.05) is 6.07 Å². The average molecular weight is 308 g/mol. The summed E-state index contributed by atoms with van der Waals surface area (Å²) in [7, 11) is 0. The molecule has 1 amide bonds. The standard InChI is InChI=1S/C17H16N4O2/c1-12(15-4-3-9-19-11-15)20-21-17(22)13(2)23-16-7-5-14(10-18)6-8-16/h3-9,11,13H,1-2H3,(H,21,22)/b20-12-/t13-/m1/s1. The highest BCUT2D eigenvalue weighted by Crippen LogP contribution is 2.13. The normalized spacial score (nSPS) is 12.1. The van der Waals surface area contributed by atoms with Crippen LogP contribution in [0.4, 0.5) is 0 Å². The van der Waals surface area contributed by atoms with E-state index in [0.717, 1.165) is 5.56 Å². The molecular formula is C17H16N4O2. The molecule has 0 aliphatic rings. The van der Waals surface area contributed by atoms with Crippen molar-refractivity contribution in [1.82, 2.24) is 10.4 Å². The summed E-state index contributed by atoms with van der Waals surface area (Å²) in [6.45, 7) is 3.41. The maximum atomic E-state index is 12.0. The van der Waals surface area contributed by atoms with Gasteiger partial charge in [-0.3, -0.25) is 9.78 Å². The molecule has 1 atom stereocenters. The van der Waals surface area contributed by atoms with Gasteiger partial charge in [0.2, 0.25) is 0 Å². The summed E-state index contributed by atoms with van der Waals surface area (Å²) in [6, 6.07) is 12.2. The van der Waals surface area contributed by atoms with Crippen molar-refractivity contribution in [3.05, 3.63) is 59.9 Å². The van der Waals surface area contributed by atoms with Crippen LogP contribution in [0.5, 0.6) is 5.75 Å². The Bertz CT molecular complexity index is 733. The molecule has 0 saturated heterocycles. The molecule has 0 aliphatic carbocycles. The van der Waals surface area contributed by atoms with Gasteiger partial charge in [0.15, 0.2) is 6.10 Å². The van der Waals surface area contributed by atoms with Crippen LogP contribution in [0.25, 0.3) is 0 Å². The van der Waals surface area contributed by atoms with E-state index in [2.05, 4.69) is 15.5 Å². The third-order valence-electron chi connectivity index (χ3n) is 3.08. The number of hydrogen-bond donors (Lipinski definition) is 1. The minimum atomic E-state index is -0.714. The Morgan fingerprint density at radius 2 is 2.09 bits per heavy atom. The summed E-state index contributed by atoms with van der Waals surface area (Å²) in [5.41, 5.74) is 4.48. The Labute approximate surface area is 134 Å². The first-order chi connectivity index (χ1) is 11.1. The zero-order chi connectivity index (χ0) is 16.7. The number of carbonyl (C=O) groups excluding carboxylic acids is 1. The van der Waals surface area contributed by atoms with Crippen molar-refractivity contribution in [3.8, 4) is 11.8 Å². The molecule has 0 spiro atoms. The number of nitrogens with one attached hydrogen (secondary N) is 1. The Morgan fingerprint density at radius 1 is 1.35 bits per heavy atom. The summed E-state index contributed by atoms with van der Waals surface area (Å²) in [5, 5.41) is 12.8. The van der Waals surface area contributed by atoms with E-state index in [4.69, 9.17) is 10.00 Å². The number of pyridine rings is 1. The summed E-state index contributed by atoms with van der Waals surface area (Å²) in [4.78, 5) is 16.0. The molecule has 0 radical (unpaired) electrons. The highest BCUT2D eigenvalue weighted by molar-refractivity contribution is 5.99. The minimum Gasteiger partial charge on any atom is -0.481 e. The van der Waals surface area contributed by atoms with E-state index in [-0.39, 0.29) is 5.91 Å². The second-order valence-corrected chi connectivity index (χ2v) is 4.81. The fraction of sp³-hybridized carbons (Fsp3) is 0.176. The lowest BCUT2D eigenvalue weighted by molar-refractivity contribution is -0.127. The molecule has 2 aromatic rings. The van der Waals surface area contributed by atoms with Crippen molar-refractivity contribution in [1.29, 1.82) is 5.26 Å². The van der Waals surface area contributed by atoms with E-state index in [9.17, 15) is 4.79 Å². The molecule has 23 heavy (non-hydrogen) atoms. The zero-order valence-electron chi connectivity index (χ0n) is 12.9. The number of nitrogens with zero attached hydrogens (tertiary/aromatic N) is 3. The number of hydrogen-bond acceptors (Lipinski definition) is 5. The topological polar surface area (TPSA) is 87.4 Å². The molecule has 1 N–H and O–H groups in total. The van der Waals surface area contributed by atoms with Crippen LogP contribution in [0.15, 0.2) is 53.9 Å². The van der Waals surface area contributed by atoms with Crippen molar-refractivity contribution >= 4 is 11.6 Å². The second-order valence-electron chi connectivity index (χ2n) is 4.81. The molecule has 6 heteroatoms. The third kappa shape index (κ3) is 4.64. The van der Waals surface area contributed by atoms with Gasteiger partial charge >= 0.3 is 0 Å². The van der Waals surface area contributed by atoms with Crippen molar-refractivity contribution in [2.45, 2.75) is 20.0 Å². The predicted octanol–water partition coefficient (Wildman–Crippen LogP) is 2.26. The lowest BCUT2D eigenvalue weighted by Crippen LogP contribution is -2.33. The van der Waals surface area contributed by atoms with Gasteiger partial charge in [-0.2, -0.15) is 10.4 Å². The van der Waals surface area contributed by atoms with Gasteiger partial charge < -0.3 is 4.74 Å². The maximum absolute atomic E-state index is 12.0. The fourth-order valence-electron chi connectivity index (χ4n) is 1.74. The van der Waals surface area contributed by atoms with Crippen LogP contribution in [0.1, 0.15) is 25.0 Å². The summed E-state index contributed by atoms with van der Waals surface area (Å²) < 4.78 is 5.51. The van der Waals surface area contributed by atoms with E-state index in [1.807, 2.05) is 12.1 Å². The number of hydrazone groups is 1. The average Bonchev–Trinajstić information content (AvgIpc) is 2.60. The molecule has 0 aliphatic heterocycles. The van der Waals surface area contributed by atoms with Gasteiger partial charge in [0.05, 0.1) is 17.3 Å². The van der Waals surface area contributed by atoms with Gasteiger partial charge in [0.25, 0.3) is 5.91 Å². The molecule has 6 nitrogen and oxygen atoms in total. The van der Waals surface area contributed by atoms with Crippen LogP contribution >= 0.6 is 0 Å². The first-order valence-electron chi connectivity index (χ1n) is 7.01. The predicted molar refractivity (Wildman–Crippen MR) is 85.8 cm³/mol. The molecule has 1 aromatic heterocycles. The molecule has 116 valence electrons. The number of nitriles is 1. The van der Waals surface area contributed by atoms with E-state index in [1.165, 1.54) is 0 Å². The first-order valence-corrected chi connectivity index (χ1v) is 7.01. The Balaban J connectivity index is 1.93. The van der Waals surface area contributed by atoms with Crippen molar-refractivity contribution in [3.63, 3.8) is 0 Å². The summed E-state index contributed by atoms with van der Waals surface area (Å²) in [6.07, 6.45) is 2.62. The van der Waals surface area contributed by atoms with E-state index >= 15 is 0 Å².